The molecule has 0 radical (unpaired) electrons. The average Bonchev–Trinajstić information content (AvgIpc) is 2.68. The van der Waals surface area contributed by atoms with Crippen molar-refractivity contribution in [1.82, 2.24) is 14.3 Å². The Labute approximate surface area is 93.3 Å². The molecule has 1 amide bonds. The fourth-order valence-electron chi connectivity index (χ4n) is 1.11. The monoisotopic (exact) mass is 273 g/mol. The van der Waals surface area contributed by atoms with Gasteiger partial charge in [0.25, 0.3) is 5.91 Å². The average molecular weight is 274 g/mol. The van der Waals surface area contributed by atoms with E-state index in [4.69, 9.17) is 0 Å². The molecule has 0 atom stereocenters. The minimum atomic E-state index is -0.0900. The van der Waals surface area contributed by atoms with E-state index in [1.54, 1.807) is 14.1 Å². The van der Waals surface area contributed by atoms with Crippen LogP contribution < -0.4 is 0 Å². The first-order valence-corrected chi connectivity index (χ1v) is 5.61. The Hall–Kier alpha value is -0.880. The molecule has 2 aromatic rings. The Bertz CT molecular complexity index is 488. The second-order valence-electron chi connectivity index (χ2n) is 3.01. The molecule has 0 saturated carbocycles. The number of hydrogen-bond donors (Lipinski definition) is 0. The lowest BCUT2D eigenvalue weighted by atomic mass is 10.4. The van der Waals surface area contributed by atoms with Crippen molar-refractivity contribution >= 4 is 38.1 Å². The second kappa shape index (κ2) is 3.36. The third-order valence-corrected chi connectivity index (χ3v) is 3.33. The van der Waals surface area contributed by atoms with Gasteiger partial charge in [0.1, 0.15) is 4.60 Å². The molecule has 2 heterocycles. The van der Waals surface area contributed by atoms with Crippen LogP contribution in [0.25, 0.3) is 4.96 Å². The number of imidazole rings is 1. The molecule has 14 heavy (non-hydrogen) atoms. The largest absolute Gasteiger partial charge is 0.343 e. The molecular weight excluding hydrogens is 266 g/mol. The first-order chi connectivity index (χ1) is 6.61. The van der Waals surface area contributed by atoms with E-state index in [0.717, 1.165) is 4.96 Å². The van der Waals surface area contributed by atoms with E-state index in [-0.39, 0.29) is 5.91 Å². The smallest absolute Gasteiger partial charge is 0.274 e. The summed E-state index contributed by atoms with van der Waals surface area (Å²) in [6.07, 6.45) is 1.88. The summed E-state index contributed by atoms with van der Waals surface area (Å²) < 4.78 is 2.56. The number of aromatic nitrogens is 2. The van der Waals surface area contributed by atoms with Gasteiger partial charge in [0, 0.05) is 25.7 Å². The fraction of sp³-hybridized carbons (Fsp3) is 0.250. The van der Waals surface area contributed by atoms with Crippen molar-refractivity contribution < 1.29 is 4.79 Å². The van der Waals surface area contributed by atoms with Gasteiger partial charge in [-0.05, 0) is 15.9 Å². The molecule has 0 aliphatic heterocycles. The number of carbonyl (C=O) groups is 1. The Kier molecular flexibility index (Phi) is 2.32. The van der Waals surface area contributed by atoms with Gasteiger partial charge in [0.05, 0.1) is 0 Å². The van der Waals surface area contributed by atoms with Crippen molar-refractivity contribution in [3.05, 3.63) is 21.9 Å². The van der Waals surface area contributed by atoms with Crippen molar-refractivity contribution in [2.24, 2.45) is 0 Å². The van der Waals surface area contributed by atoms with Crippen LogP contribution in [0.2, 0.25) is 0 Å². The molecule has 0 spiro atoms. The van der Waals surface area contributed by atoms with Crippen molar-refractivity contribution in [3.63, 3.8) is 0 Å². The fourth-order valence-corrected chi connectivity index (χ4v) is 2.48. The molecular formula is C8H8BrN3OS. The summed E-state index contributed by atoms with van der Waals surface area (Å²) in [5, 5.41) is 1.93. The third kappa shape index (κ3) is 1.34. The molecule has 0 bridgehead atoms. The zero-order chi connectivity index (χ0) is 10.3. The normalized spacial score (nSPS) is 10.8. The molecule has 4 nitrogen and oxygen atoms in total. The van der Waals surface area contributed by atoms with Gasteiger partial charge < -0.3 is 4.90 Å². The van der Waals surface area contributed by atoms with E-state index >= 15 is 0 Å². The van der Waals surface area contributed by atoms with Crippen LogP contribution in [0.3, 0.4) is 0 Å². The number of amides is 1. The molecule has 0 unspecified atom stereocenters. The van der Waals surface area contributed by atoms with Crippen LogP contribution in [0, 0.1) is 0 Å². The van der Waals surface area contributed by atoms with Crippen LogP contribution in [0.5, 0.6) is 0 Å². The first kappa shape index (κ1) is 9.67. The van der Waals surface area contributed by atoms with Crippen LogP contribution in [0.1, 0.15) is 10.5 Å². The van der Waals surface area contributed by atoms with E-state index in [2.05, 4.69) is 20.9 Å². The van der Waals surface area contributed by atoms with E-state index in [9.17, 15) is 4.79 Å². The highest BCUT2D eigenvalue weighted by molar-refractivity contribution is 9.10. The van der Waals surface area contributed by atoms with Gasteiger partial charge in [-0.2, -0.15) is 0 Å². The highest BCUT2D eigenvalue weighted by Gasteiger charge is 2.18. The predicted octanol–water partition coefficient (Wildman–Crippen LogP) is 1.86. The molecule has 0 aliphatic carbocycles. The van der Waals surface area contributed by atoms with Gasteiger partial charge >= 0.3 is 0 Å². The van der Waals surface area contributed by atoms with Crippen LogP contribution in [-0.2, 0) is 0 Å². The molecule has 0 aromatic carbocycles. The van der Waals surface area contributed by atoms with E-state index in [0.29, 0.717) is 10.3 Å². The molecule has 6 heteroatoms. The summed E-state index contributed by atoms with van der Waals surface area (Å²) in [5.41, 5.74) is 0.460. The summed E-state index contributed by atoms with van der Waals surface area (Å²) in [5.74, 6) is -0.0900. The van der Waals surface area contributed by atoms with Crippen molar-refractivity contribution in [2.75, 3.05) is 14.1 Å². The second-order valence-corrected chi connectivity index (χ2v) is 4.63. The SMILES string of the molecule is CN(C)C(=O)c1nc2sccn2c1Br. The number of hydrogen-bond acceptors (Lipinski definition) is 3. The van der Waals surface area contributed by atoms with Crippen molar-refractivity contribution in [3.8, 4) is 0 Å². The minimum absolute atomic E-state index is 0.0900. The number of halogens is 1. The zero-order valence-electron chi connectivity index (χ0n) is 7.69. The Morgan fingerprint density at radius 1 is 1.64 bits per heavy atom. The number of rotatable bonds is 1. The quantitative estimate of drug-likeness (QED) is 0.796. The first-order valence-electron chi connectivity index (χ1n) is 3.94. The van der Waals surface area contributed by atoms with E-state index in [1.165, 1.54) is 16.2 Å². The minimum Gasteiger partial charge on any atom is -0.343 e. The van der Waals surface area contributed by atoms with E-state index < -0.39 is 0 Å². The standard InChI is InChI=1S/C8H8BrN3OS/c1-11(2)7(13)5-6(9)12-3-4-14-8(12)10-5/h3-4H,1-2H3. The highest BCUT2D eigenvalue weighted by Crippen LogP contribution is 2.22. The summed E-state index contributed by atoms with van der Waals surface area (Å²) in [4.78, 5) is 18.2. The molecule has 0 aliphatic rings. The van der Waals surface area contributed by atoms with Crippen LogP contribution in [-0.4, -0.2) is 34.3 Å². The number of nitrogens with zero attached hydrogens (tertiary/aromatic N) is 3. The van der Waals surface area contributed by atoms with Crippen LogP contribution >= 0.6 is 27.3 Å². The lowest BCUT2D eigenvalue weighted by Crippen LogP contribution is -2.22. The van der Waals surface area contributed by atoms with Gasteiger partial charge in [-0.15, -0.1) is 11.3 Å². The Balaban J connectivity index is 2.58. The van der Waals surface area contributed by atoms with Gasteiger partial charge in [0.2, 0.25) is 0 Å². The van der Waals surface area contributed by atoms with Crippen LogP contribution in [0.4, 0.5) is 0 Å². The molecule has 2 aromatic heterocycles. The van der Waals surface area contributed by atoms with Crippen molar-refractivity contribution in [1.29, 1.82) is 0 Å². The maximum atomic E-state index is 11.7. The number of thiazole rings is 1. The van der Waals surface area contributed by atoms with Crippen molar-refractivity contribution in [2.45, 2.75) is 0 Å². The predicted molar refractivity (Wildman–Crippen MR) is 58.8 cm³/mol. The zero-order valence-corrected chi connectivity index (χ0v) is 10.1. The van der Waals surface area contributed by atoms with Gasteiger partial charge in [-0.25, -0.2) is 4.98 Å². The van der Waals surface area contributed by atoms with Gasteiger partial charge in [-0.3, -0.25) is 9.20 Å². The maximum Gasteiger partial charge on any atom is 0.274 e. The molecule has 74 valence electrons. The van der Waals surface area contributed by atoms with Crippen LogP contribution in [0.15, 0.2) is 16.2 Å². The summed E-state index contributed by atoms with van der Waals surface area (Å²) in [6, 6.07) is 0. The summed E-state index contributed by atoms with van der Waals surface area (Å²) >= 11 is 4.86. The maximum absolute atomic E-state index is 11.7. The summed E-state index contributed by atoms with van der Waals surface area (Å²) in [7, 11) is 3.42. The Morgan fingerprint density at radius 3 is 2.93 bits per heavy atom. The molecule has 0 saturated heterocycles. The molecule has 0 N–H and O–H groups in total. The number of carbonyl (C=O) groups excluding carboxylic acids is 1. The lowest BCUT2D eigenvalue weighted by molar-refractivity contribution is 0.0821. The number of fused-ring (bicyclic) bond motifs is 1. The van der Waals surface area contributed by atoms with Gasteiger partial charge in [0.15, 0.2) is 10.7 Å². The summed E-state index contributed by atoms with van der Waals surface area (Å²) in [6.45, 7) is 0. The van der Waals surface area contributed by atoms with E-state index in [1.807, 2.05) is 16.0 Å². The molecule has 0 fully saturated rings. The highest BCUT2D eigenvalue weighted by atomic mass is 79.9. The molecule has 2 rings (SSSR count). The lowest BCUT2D eigenvalue weighted by Gasteiger charge is -2.07. The topological polar surface area (TPSA) is 37.6 Å². The Morgan fingerprint density at radius 2 is 2.36 bits per heavy atom. The third-order valence-electron chi connectivity index (χ3n) is 1.81. The van der Waals surface area contributed by atoms with Gasteiger partial charge in [-0.1, -0.05) is 0 Å².